The smallest absolute Gasteiger partial charge is 0.124 e. The van der Waals surface area contributed by atoms with Gasteiger partial charge in [-0.25, -0.2) is 4.98 Å². The number of aromatic nitrogens is 1. The topological polar surface area (TPSA) is 64.9 Å². The molecule has 0 aliphatic heterocycles. The van der Waals surface area contributed by atoms with Crippen LogP contribution in [0.4, 0.5) is 11.4 Å². The van der Waals surface area contributed by atoms with Gasteiger partial charge in [0.25, 0.3) is 0 Å². The van der Waals surface area contributed by atoms with E-state index in [0.29, 0.717) is 0 Å². The van der Waals surface area contributed by atoms with Gasteiger partial charge in [0.2, 0.25) is 0 Å². The van der Waals surface area contributed by atoms with Crippen LogP contribution in [-0.2, 0) is 0 Å². The van der Waals surface area contributed by atoms with Crippen LogP contribution in [-0.4, -0.2) is 4.98 Å². The van der Waals surface area contributed by atoms with E-state index in [9.17, 15) is 0 Å². The number of hydrogen-bond acceptors (Lipinski definition) is 4. The molecular weight excluding hydrogens is 310 g/mol. The normalized spacial score (nSPS) is 10.9. The van der Waals surface area contributed by atoms with Gasteiger partial charge in [-0.15, -0.1) is 11.3 Å². The first-order valence-corrected chi connectivity index (χ1v) is 6.96. The first kappa shape index (κ1) is 11.5. The SMILES string of the molecule is Nc1ccc(-c2nc3cc(Br)c(N)cc3s2)cc1. The third-order valence-corrected chi connectivity index (χ3v) is 4.42. The second-order valence-electron chi connectivity index (χ2n) is 3.98. The molecule has 0 aliphatic rings. The van der Waals surface area contributed by atoms with Crippen LogP contribution in [0.15, 0.2) is 40.9 Å². The van der Waals surface area contributed by atoms with E-state index in [0.717, 1.165) is 36.6 Å². The maximum absolute atomic E-state index is 5.87. The highest BCUT2D eigenvalue weighted by Gasteiger charge is 2.08. The summed E-state index contributed by atoms with van der Waals surface area (Å²) in [6, 6.07) is 11.6. The Morgan fingerprint density at radius 1 is 1.06 bits per heavy atom. The summed E-state index contributed by atoms with van der Waals surface area (Å²) in [5.41, 5.74) is 15.1. The third-order valence-electron chi connectivity index (χ3n) is 2.66. The zero-order valence-corrected chi connectivity index (χ0v) is 11.8. The molecular formula is C13H10BrN3S. The standard InChI is InChI=1S/C13H10BrN3S/c14-9-5-11-12(6-10(9)16)18-13(17-11)7-1-3-8(15)4-2-7/h1-6H,15-16H2. The summed E-state index contributed by atoms with van der Waals surface area (Å²) < 4.78 is 1.96. The molecule has 0 bridgehead atoms. The lowest BCUT2D eigenvalue weighted by atomic mass is 10.2. The van der Waals surface area contributed by atoms with Crippen molar-refractivity contribution in [1.82, 2.24) is 4.98 Å². The number of fused-ring (bicyclic) bond motifs is 1. The van der Waals surface area contributed by atoms with Crippen molar-refractivity contribution >= 4 is 48.9 Å². The van der Waals surface area contributed by atoms with E-state index in [1.807, 2.05) is 36.4 Å². The zero-order chi connectivity index (χ0) is 12.7. The Morgan fingerprint density at radius 3 is 2.50 bits per heavy atom. The number of nitrogen functional groups attached to an aromatic ring is 2. The lowest BCUT2D eigenvalue weighted by Gasteiger charge is -1.95. The molecule has 0 fully saturated rings. The molecule has 3 nitrogen and oxygen atoms in total. The quantitative estimate of drug-likeness (QED) is 0.669. The minimum Gasteiger partial charge on any atom is -0.399 e. The van der Waals surface area contributed by atoms with Gasteiger partial charge in [0.05, 0.1) is 10.2 Å². The number of thiazole rings is 1. The Morgan fingerprint density at radius 2 is 1.78 bits per heavy atom. The second-order valence-corrected chi connectivity index (χ2v) is 5.87. The Bertz CT molecular complexity index is 680. The number of halogens is 1. The van der Waals surface area contributed by atoms with E-state index in [2.05, 4.69) is 20.9 Å². The van der Waals surface area contributed by atoms with Crippen LogP contribution in [0.3, 0.4) is 0 Å². The molecule has 0 spiro atoms. The average molecular weight is 320 g/mol. The predicted molar refractivity (Wildman–Crippen MR) is 81.6 cm³/mol. The van der Waals surface area contributed by atoms with E-state index in [4.69, 9.17) is 11.5 Å². The minimum atomic E-state index is 0.731. The summed E-state index contributed by atoms with van der Waals surface area (Å²) in [5.74, 6) is 0. The highest BCUT2D eigenvalue weighted by molar-refractivity contribution is 9.10. The molecule has 0 amide bonds. The molecule has 18 heavy (non-hydrogen) atoms. The Balaban J connectivity index is 2.16. The van der Waals surface area contributed by atoms with E-state index in [-0.39, 0.29) is 0 Å². The number of hydrogen-bond donors (Lipinski definition) is 2. The van der Waals surface area contributed by atoms with E-state index in [1.165, 1.54) is 0 Å². The average Bonchev–Trinajstić information content (AvgIpc) is 2.73. The van der Waals surface area contributed by atoms with Gasteiger partial charge in [-0.2, -0.15) is 0 Å². The summed E-state index contributed by atoms with van der Waals surface area (Å²) in [4.78, 5) is 4.61. The van der Waals surface area contributed by atoms with Crippen LogP contribution in [0.2, 0.25) is 0 Å². The molecule has 0 aliphatic carbocycles. The van der Waals surface area contributed by atoms with Crippen LogP contribution in [0.1, 0.15) is 0 Å². The van der Waals surface area contributed by atoms with Crippen LogP contribution in [0, 0.1) is 0 Å². The third kappa shape index (κ3) is 1.95. The van der Waals surface area contributed by atoms with E-state index < -0.39 is 0 Å². The molecule has 0 radical (unpaired) electrons. The summed E-state index contributed by atoms with van der Waals surface area (Å²) in [5, 5.41) is 0.975. The van der Waals surface area contributed by atoms with Gasteiger partial charge < -0.3 is 11.5 Å². The molecule has 1 heterocycles. The van der Waals surface area contributed by atoms with Gasteiger partial charge in [0, 0.05) is 21.4 Å². The molecule has 0 saturated heterocycles. The van der Waals surface area contributed by atoms with Gasteiger partial charge in [-0.3, -0.25) is 0 Å². The van der Waals surface area contributed by atoms with Crippen LogP contribution in [0.25, 0.3) is 20.8 Å². The predicted octanol–water partition coefficient (Wildman–Crippen LogP) is 3.89. The fraction of sp³-hybridized carbons (Fsp3) is 0. The first-order chi connectivity index (χ1) is 8.63. The van der Waals surface area contributed by atoms with Crippen LogP contribution in [0.5, 0.6) is 0 Å². The van der Waals surface area contributed by atoms with Crippen molar-refractivity contribution < 1.29 is 0 Å². The monoisotopic (exact) mass is 319 g/mol. The minimum absolute atomic E-state index is 0.731. The molecule has 3 rings (SSSR count). The Hall–Kier alpha value is -1.59. The molecule has 0 saturated carbocycles. The number of nitrogens with zero attached hydrogens (tertiary/aromatic N) is 1. The summed E-state index contributed by atoms with van der Waals surface area (Å²) in [6.07, 6.45) is 0. The fourth-order valence-electron chi connectivity index (χ4n) is 1.71. The molecule has 90 valence electrons. The fourth-order valence-corrected chi connectivity index (χ4v) is 3.05. The number of anilines is 2. The maximum atomic E-state index is 5.87. The maximum Gasteiger partial charge on any atom is 0.124 e. The summed E-state index contributed by atoms with van der Waals surface area (Å²) >= 11 is 5.04. The molecule has 5 heteroatoms. The van der Waals surface area contributed by atoms with E-state index >= 15 is 0 Å². The van der Waals surface area contributed by atoms with Crippen LogP contribution < -0.4 is 11.5 Å². The van der Waals surface area contributed by atoms with Crippen molar-refractivity contribution in [3.8, 4) is 10.6 Å². The Kier molecular flexibility index (Phi) is 2.72. The van der Waals surface area contributed by atoms with Gasteiger partial charge in [0.15, 0.2) is 0 Å². The van der Waals surface area contributed by atoms with Crippen molar-refractivity contribution in [2.24, 2.45) is 0 Å². The van der Waals surface area contributed by atoms with Crippen molar-refractivity contribution in [1.29, 1.82) is 0 Å². The highest BCUT2D eigenvalue weighted by Crippen LogP contribution is 2.34. The van der Waals surface area contributed by atoms with Gasteiger partial charge >= 0.3 is 0 Å². The molecule has 1 aromatic heterocycles. The summed E-state index contributed by atoms with van der Waals surface area (Å²) in [6.45, 7) is 0. The lowest BCUT2D eigenvalue weighted by Crippen LogP contribution is -1.85. The van der Waals surface area contributed by atoms with Gasteiger partial charge in [-0.05, 0) is 52.3 Å². The number of nitrogens with two attached hydrogens (primary N) is 2. The molecule has 0 atom stereocenters. The molecule has 4 N–H and O–H groups in total. The van der Waals surface area contributed by atoms with Crippen molar-refractivity contribution in [2.45, 2.75) is 0 Å². The largest absolute Gasteiger partial charge is 0.399 e. The molecule has 2 aromatic carbocycles. The second kappa shape index (κ2) is 4.26. The van der Waals surface area contributed by atoms with Gasteiger partial charge in [0.1, 0.15) is 5.01 Å². The molecule has 0 unspecified atom stereocenters. The first-order valence-electron chi connectivity index (χ1n) is 5.35. The number of benzene rings is 2. The lowest BCUT2D eigenvalue weighted by molar-refractivity contribution is 1.47. The number of rotatable bonds is 1. The van der Waals surface area contributed by atoms with Gasteiger partial charge in [-0.1, -0.05) is 0 Å². The zero-order valence-electron chi connectivity index (χ0n) is 9.35. The van der Waals surface area contributed by atoms with Crippen LogP contribution >= 0.6 is 27.3 Å². The molecule has 3 aromatic rings. The highest BCUT2D eigenvalue weighted by atomic mass is 79.9. The summed E-state index contributed by atoms with van der Waals surface area (Å²) in [7, 11) is 0. The van der Waals surface area contributed by atoms with E-state index in [1.54, 1.807) is 11.3 Å². The van der Waals surface area contributed by atoms with Crippen molar-refractivity contribution in [2.75, 3.05) is 11.5 Å². The van der Waals surface area contributed by atoms with Crippen molar-refractivity contribution in [3.05, 3.63) is 40.9 Å². The Labute approximate surface area is 117 Å². The van der Waals surface area contributed by atoms with Crippen molar-refractivity contribution in [3.63, 3.8) is 0 Å².